The first kappa shape index (κ1) is 13.0. The van der Waals surface area contributed by atoms with E-state index in [2.05, 4.69) is 5.32 Å². The van der Waals surface area contributed by atoms with Crippen LogP contribution in [0.5, 0.6) is 0 Å². The van der Waals surface area contributed by atoms with Gasteiger partial charge in [-0.05, 0) is 24.6 Å². The molecule has 1 aromatic carbocycles. The van der Waals surface area contributed by atoms with Crippen LogP contribution in [0, 0.1) is 5.82 Å². The quantitative estimate of drug-likeness (QED) is 0.529. The number of hydrogen-bond acceptors (Lipinski definition) is 3. The fraction of sp³-hybridized carbons (Fsp3) is 0.273. The van der Waals surface area contributed by atoms with Crippen molar-refractivity contribution in [2.75, 3.05) is 12.3 Å². The summed E-state index contributed by atoms with van der Waals surface area (Å²) >= 11 is 0. The van der Waals surface area contributed by atoms with Crippen molar-refractivity contribution >= 4 is 17.6 Å². The minimum absolute atomic E-state index is 0.00810. The normalized spacial score (nSPS) is 9.94. The summed E-state index contributed by atoms with van der Waals surface area (Å²) in [5.74, 6) is -1.89. The summed E-state index contributed by atoms with van der Waals surface area (Å²) in [6.45, 7) is 0.252. The van der Waals surface area contributed by atoms with Crippen molar-refractivity contribution in [2.45, 2.75) is 12.8 Å². The second-order valence-electron chi connectivity index (χ2n) is 3.49. The van der Waals surface area contributed by atoms with Crippen LogP contribution < -0.4 is 11.1 Å². The minimum Gasteiger partial charge on any atom is -0.481 e. The fourth-order valence-corrected chi connectivity index (χ4v) is 1.23. The van der Waals surface area contributed by atoms with Gasteiger partial charge in [-0.2, -0.15) is 0 Å². The number of carbonyl (C=O) groups excluding carboxylic acids is 1. The van der Waals surface area contributed by atoms with Crippen LogP contribution in [-0.2, 0) is 4.79 Å². The molecule has 92 valence electrons. The summed E-state index contributed by atoms with van der Waals surface area (Å²) in [7, 11) is 0. The third-order valence-electron chi connectivity index (χ3n) is 2.11. The van der Waals surface area contributed by atoms with Gasteiger partial charge in [0.15, 0.2) is 0 Å². The van der Waals surface area contributed by atoms with Gasteiger partial charge in [0.1, 0.15) is 5.82 Å². The Morgan fingerprint density at radius 2 is 2.12 bits per heavy atom. The van der Waals surface area contributed by atoms with Gasteiger partial charge >= 0.3 is 5.97 Å². The molecule has 17 heavy (non-hydrogen) atoms. The zero-order valence-electron chi connectivity index (χ0n) is 9.07. The Morgan fingerprint density at radius 1 is 1.41 bits per heavy atom. The van der Waals surface area contributed by atoms with E-state index in [1.54, 1.807) is 0 Å². The lowest BCUT2D eigenvalue weighted by Gasteiger charge is -2.05. The van der Waals surface area contributed by atoms with Crippen molar-refractivity contribution in [3.63, 3.8) is 0 Å². The van der Waals surface area contributed by atoms with E-state index < -0.39 is 17.7 Å². The third-order valence-corrected chi connectivity index (χ3v) is 2.11. The van der Waals surface area contributed by atoms with Gasteiger partial charge in [-0.3, -0.25) is 9.59 Å². The molecular formula is C11H13FN2O3. The Hall–Kier alpha value is -2.11. The van der Waals surface area contributed by atoms with Gasteiger partial charge < -0.3 is 16.2 Å². The van der Waals surface area contributed by atoms with Crippen molar-refractivity contribution < 1.29 is 19.1 Å². The van der Waals surface area contributed by atoms with Gasteiger partial charge in [0.2, 0.25) is 0 Å². The monoisotopic (exact) mass is 240 g/mol. The topological polar surface area (TPSA) is 92.4 Å². The van der Waals surface area contributed by atoms with E-state index in [0.29, 0.717) is 6.42 Å². The maximum atomic E-state index is 12.8. The lowest BCUT2D eigenvalue weighted by atomic mass is 10.2. The molecule has 6 heteroatoms. The van der Waals surface area contributed by atoms with Gasteiger partial charge in [0, 0.05) is 18.5 Å². The van der Waals surface area contributed by atoms with Gasteiger partial charge in [0.05, 0.1) is 5.69 Å². The molecule has 0 atom stereocenters. The first-order chi connectivity index (χ1) is 8.00. The molecule has 1 rings (SSSR count). The van der Waals surface area contributed by atoms with Gasteiger partial charge in [-0.25, -0.2) is 4.39 Å². The maximum absolute atomic E-state index is 12.8. The maximum Gasteiger partial charge on any atom is 0.303 e. The molecule has 0 saturated heterocycles. The number of anilines is 1. The molecule has 0 spiro atoms. The highest BCUT2D eigenvalue weighted by Crippen LogP contribution is 2.11. The van der Waals surface area contributed by atoms with E-state index in [1.165, 1.54) is 12.1 Å². The van der Waals surface area contributed by atoms with Crippen LogP contribution in [-0.4, -0.2) is 23.5 Å². The highest BCUT2D eigenvalue weighted by atomic mass is 19.1. The number of hydrogen-bond donors (Lipinski definition) is 3. The molecule has 0 aliphatic rings. The molecule has 1 aromatic rings. The Balaban J connectivity index is 2.47. The second kappa shape index (κ2) is 5.83. The molecule has 0 aromatic heterocycles. The number of carbonyl (C=O) groups is 2. The van der Waals surface area contributed by atoms with Crippen molar-refractivity contribution in [2.24, 2.45) is 0 Å². The van der Waals surface area contributed by atoms with E-state index in [-0.39, 0.29) is 24.2 Å². The number of carboxylic acid groups (broad SMARTS) is 1. The van der Waals surface area contributed by atoms with Crippen molar-refractivity contribution in [1.29, 1.82) is 0 Å². The lowest BCUT2D eigenvalue weighted by Crippen LogP contribution is -2.25. The molecule has 4 N–H and O–H groups in total. The fourth-order valence-electron chi connectivity index (χ4n) is 1.23. The van der Waals surface area contributed by atoms with E-state index in [1.807, 2.05) is 0 Å². The van der Waals surface area contributed by atoms with Crippen LogP contribution in [0.25, 0.3) is 0 Å². The molecule has 1 amide bonds. The molecule has 5 nitrogen and oxygen atoms in total. The SMILES string of the molecule is Nc1cc(C(=O)NCCCC(=O)O)ccc1F. The first-order valence-corrected chi connectivity index (χ1v) is 5.05. The number of carboxylic acids is 1. The van der Waals surface area contributed by atoms with E-state index in [0.717, 1.165) is 6.07 Å². The molecule has 0 aliphatic heterocycles. The third kappa shape index (κ3) is 4.10. The Kier molecular flexibility index (Phi) is 4.45. The second-order valence-corrected chi connectivity index (χ2v) is 3.49. The van der Waals surface area contributed by atoms with Crippen LogP contribution in [0.1, 0.15) is 23.2 Å². The number of halogens is 1. The molecule has 0 saturated carbocycles. The highest BCUT2D eigenvalue weighted by molar-refractivity contribution is 5.95. The number of nitrogens with one attached hydrogen (secondary N) is 1. The zero-order chi connectivity index (χ0) is 12.8. The Morgan fingerprint density at radius 3 is 2.71 bits per heavy atom. The molecular weight excluding hydrogens is 227 g/mol. The van der Waals surface area contributed by atoms with Crippen molar-refractivity contribution in [1.82, 2.24) is 5.32 Å². The number of nitrogens with two attached hydrogens (primary N) is 1. The van der Waals surface area contributed by atoms with Crippen LogP contribution in [0.2, 0.25) is 0 Å². The van der Waals surface area contributed by atoms with E-state index >= 15 is 0 Å². The smallest absolute Gasteiger partial charge is 0.303 e. The molecule has 0 radical (unpaired) electrons. The zero-order valence-corrected chi connectivity index (χ0v) is 9.07. The number of aliphatic carboxylic acids is 1. The van der Waals surface area contributed by atoms with Gasteiger partial charge in [-0.1, -0.05) is 0 Å². The largest absolute Gasteiger partial charge is 0.481 e. The lowest BCUT2D eigenvalue weighted by molar-refractivity contribution is -0.137. The van der Waals surface area contributed by atoms with Gasteiger partial charge in [0.25, 0.3) is 5.91 Å². The molecule has 0 bridgehead atoms. The summed E-state index contributed by atoms with van der Waals surface area (Å²) in [6.07, 6.45) is 0.337. The predicted molar refractivity (Wildman–Crippen MR) is 60.0 cm³/mol. The summed E-state index contributed by atoms with van der Waals surface area (Å²) in [5, 5.41) is 10.9. The van der Waals surface area contributed by atoms with Gasteiger partial charge in [-0.15, -0.1) is 0 Å². The Bertz CT molecular complexity index is 435. The van der Waals surface area contributed by atoms with Crippen LogP contribution >= 0.6 is 0 Å². The number of nitrogen functional groups attached to an aromatic ring is 1. The standard InChI is InChI=1S/C11H13FN2O3/c12-8-4-3-7(6-9(8)13)11(17)14-5-1-2-10(15)16/h3-4,6H,1-2,5,13H2,(H,14,17)(H,15,16). The summed E-state index contributed by atoms with van der Waals surface area (Å²) in [4.78, 5) is 21.7. The highest BCUT2D eigenvalue weighted by Gasteiger charge is 2.07. The first-order valence-electron chi connectivity index (χ1n) is 5.05. The van der Waals surface area contributed by atoms with Crippen LogP contribution in [0.4, 0.5) is 10.1 Å². The van der Waals surface area contributed by atoms with E-state index in [9.17, 15) is 14.0 Å². The molecule has 0 unspecified atom stereocenters. The van der Waals surface area contributed by atoms with Crippen molar-refractivity contribution in [3.05, 3.63) is 29.6 Å². The summed E-state index contributed by atoms with van der Waals surface area (Å²) in [6, 6.07) is 3.67. The van der Waals surface area contributed by atoms with Crippen molar-refractivity contribution in [3.8, 4) is 0 Å². The number of amides is 1. The average molecular weight is 240 g/mol. The summed E-state index contributed by atoms with van der Waals surface area (Å²) < 4.78 is 12.8. The van der Waals surface area contributed by atoms with E-state index in [4.69, 9.17) is 10.8 Å². The minimum atomic E-state index is -0.912. The number of rotatable bonds is 5. The molecule has 0 fully saturated rings. The Labute approximate surface area is 97.4 Å². The molecule has 0 aliphatic carbocycles. The van der Waals surface area contributed by atoms with Crippen LogP contribution in [0.3, 0.4) is 0 Å². The predicted octanol–water partition coefficient (Wildman–Crippen LogP) is 1.00. The number of benzene rings is 1. The van der Waals surface area contributed by atoms with Crippen LogP contribution in [0.15, 0.2) is 18.2 Å². The molecule has 0 heterocycles. The average Bonchev–Trinajstić information content (AvgIpc) is 2.27. The summed E-state index contributed by atoms with van der Waals surface area (Å²) in [5.41, 5.74) is 5.48.